The summed E-state index contributed by atoms with van der Waals surface area (Å²) in [5.74, 6) is 0.946. The molecule has 1 N–H and O–H groups in total. The predicted molar refractivity (Wildman–Crippen MR) is 106 cm³/mol. The van der Waals surface area contributed by atoms with E-state index in [1.807, 2.05) is 19.1 Å². The quantitative estimate of drug-likeness (QED) is 0.534. The Morgan fingerprint density at radius 1 is 1.32 bits per heavy atom. The van der Waals surface area contributed by atoms with Crippen molar-refractivity contribution in [3.8, 4) is 11.5 Å². The fourth-order valence-corrected chi connectivity index (χ4v) is 3.32. The molecule has 0 amide bonds. The van der Waals surface area contributed by atoms with Crippen molar-refractivity contribution < 1.29 is 19.5 Å². The van der Waals surface area contributed by atoms with Crippen molar-refractivity contribution in [2.24, 2.45) is 0 Å². The summed E-state index contributed by atoms with van der Waals surface area (Å²) in [6.07, 6.45) is 0.154. The number of aliphatic hydroxyl groups is 1. The van der Waals surface area contributed by atoms with Gasteiger partial charge in [0.05, 0.1) is 4.92 Å². The highest BCUT2D eigenvalue weighted by molar-refractivity contribution is 6.30. The third-order valence-corrected chi connectivity index (χ3v) is 4.81. The van der Waals surface area contributed by atoms with Crippen molar-refractivity contribution in [3.05, 3.63) is 63.2 Å². The van der Waals surface area contributed by atoms with E-state index in [0.717, 1.165) is 24.3 Å². The smallest absolute Gasteiger partial charge is 0.310 e. The topological polar surface area (TPSA) is 85.1 Å². The number of ether oxygens (including phenoxy) is 2. The maximum Gasteiger partial charge on any atom is 0.310 e. The molecule has 3 rings (SSSR count). The lowest BCUT2D eigenvalue weighted by atomic mass is 10.2. The van der Waals surface area contributed by atoms with E-state index in [1.165, 1.54) is 6.07 Å². The molecule has 2 unspecified atom stereocenters. The van der Waals surface area contributed by atoms with Gasteiger partial charge in [0.25, 0.3) is 0 Å². The number of aryl methyl sites for hydroxylation is 1. The number of benzene rings is 2. The summed E-state index contributed by atoms with van der Waals surface area (Å²) in [7, 11) is 0. The molecule has 0 bridgehead atoms. The maximum atomic E-state index is 11.1. The van der Waals surface area contributed by atoms with Gasteiger partial charge in [0.15, 0.2) is 5.75 Å². The van der Waals surface area contributed by atoms with E-state index in [-0.39, 0.29) is 24.1 Å². The van der Waals surface area contributed by atoms with Gasteiger partial charge < -0.3 is 14.6 Å². The minimum atomic E-state index is -0.755. The highest BCUT2D eigenvalue weighted by atomic mass is 35.5. The number of hydrogen-bond acceptors (Lipinski definition) is 6. The van der Waals surface area contributed by atoms with Crippen LogP contribution in [0.4, 0.5) is 5.69 Å². The zero-order chi connectivity index (χ0) is 20.1. The fraction of sp³-hybridized carbons (Fsp3) is 0.400. The molecule has 1 aliphatic heterocycles. The molecule has 28 heavy (non-hydrogen) atoms. The van der Waals surface area contributed by atoms with Gasteiger partial charge in [-0.15, -0.1) is 0 Å². The Labute approximate surface area is 168 Å². The standard InChI is InChI=1S/C20H23ClN2O5/c1-14-2-7-19(23(25)26)20(10-14)27-13-16(24)11-22-9-8-18(12-22)28-17-5-3-15(21)4-6-17/h2-7,10,16,18,24H,8-9,11-13H2,1H3. The molecule has 2 aromatic carbocycles. The van der Waals surface area contributed by atoms with Crippen molar-refractivity contribution in [1.29, 1.82) is 0 Å². The SMILES string of the molecule is Cc1ccc([N+](=O)[O-])c(OCC(O)CN2CCC(Oc3ccc(Cl)cc3)C2)c1. The van der Waals surface area contributed by atoms with Crippen LogP contribution in [0.25, 0.3) is 0 Å². The van der Waals surface area contributed by atoms with E-state index in [2.05, 4.69) is 4.90 Å². The van der Waals surface area contributed by atoms with E-state index in [9.17, 15) is 15.2 Å². The van der Waals surface area contributed by atoms with E-state index >= 15 is 0 Å². The Morgan fingerprint density at radius 2 is 2.07 bits per heavy atom. The molecule has 8 heteroatoms. The van der Waals surface area contributed by atoms with Crippen LogP contribution < -0.4 is 9.47 Å². The van der Waals surface area contributed by atoms with Crippen LogP contribution in [0, 0.1) is 17.0 Å². The van der Waals surface area contributed by atoms with Gasteiger partial charge in [0.2, 0.25) is 0 Å². The molecule has 0 aliphatic carbocycles. The molecule has 7 nitrogen and oxygen atoms in total. The van der Waals surface area contributed by atoms with Crippen LogP contribution >= 0.6 is 11.6 Å². The molecule has 0 radical (unpaired) electrons. The minimum Gasteiger partial charge on any atom is -0.489 e. The van der Waals surface area contributed by atoms with Crippen molar-refractivity contribution in [1.82, 2.24) is 4.90 Å². The van der Waals surface area contributed by atoms with Crippen molar-refractivity contribution >= 4 is 17.3 Å². The van der Waals surface area contributed by atoms with Crippen molar-refractivity contribution in [3.63, 3.8) is 0 Å². The number of likely N-dealkylation sites (tertiary alicyclic amines) is 1. The second-order valence-electron chi connectivity index (χ2n) is 6.94. The number of β-amino-alcohol motifs (C(OH)–C–C–N with tert-alkyl or cyclic N) is 1. The molecule has 0 aromatic heterocycles. The molecular weight excluding hydrogens is 384 g/mol. The Bertz CT molecular complexity index is 815. The zero-order valence-corrected chi connectivity index (χ0v) is 16.3. The fourth-order valence-electron chi connectivity index (χ4n) is 3.19. The maximum absolute atomic E-state index is 11.1. The highest BCUT2D eigenvalue weighted by Gasteiger charge is 2.26. The first-order valence-electron chi connectivity index (χ1n) is 9.11. The second-order valence-corrected chi connectivity index (χ2v) is 7.37. The average Bonchev–Trinajstić information content (AvgIpc) is 3.08. The Hall–Kier alpha value is -2.35. The Balaban J connectivity index is 1.47. The zero-order valence-electron chi connectivity index (χ0n) is 15.6. The number of aliphatic hydroxyl groups excluding tert-OH is 1. The summed E-state index contributed by atoms with van der Waals surface area (Å²) >= 11 is 5.88. The number of rotatable bonds is 8. The lowest BCUT2D eigenvalue weighted by molar-refractivity contribution is -0.385. The van der Waals surface area contributed by atoms with Crippen LogP contribution in [0.15, 0.2) is 42.5 Å². The number of nitrogens with zero attached hydrogens (tertiary/aromatic N) is 2. The third kappa shape index (κ3) is 5.58. The average molecular weight is 407 g/mol. The number of nitro groups is 1. The largest absolute Gasteiger partial charge is 0.489 e. The van der Waals surface area contributed by atoms with Crippen LogP contribution in [0.1, 0.15) is 12.0 Å². The van der Waals surface area contributed by atoms with Crippen LogP contribution in [0.3, 0.4) is 0 Å². The Kier molecular flexibility index (Phi) is 6.72. The van der Waals surface area contributed by atoms with Gasteiger partial charge in [-0.2, -0.15) is 0 Å². The minimum absolute atomic E-state index is 0.0104. The van der Waals surface area contributed by atoms with Gasteiger partial charge in [-0.1, -0.05) is 17.7 Å². The molecule has 2 aromatic rings. The van der Waals surface area contributed by atoms with E-state index in [0.29, 0.717) is 18.1 Å². The van der Waals surface area contributed by atoms with Crippen molar-refractivity contribution in [2.45, 2.75) is 25.6 Å². The van der Waals surface area contributed by atoms with Crippen LogP contribution in [-0.4, -0.2) is 53.4 Å². The van der Waals surface area contributed by atoms with Crippen LogP contribution in [0.5, 0.6) is 11.5 Å². The van der Waals surface area contributed by atoms with Gasteiger partial charge in [-0.3, -0.25) is 15.0 Å². The first kappa shape index (κ1) is 20.4. The normalized spacial score (nSPS) is 18.0. The summed E-state index contributed by atoms with van der Waals surface area (Å²) in [6, 6.07) is 11.9. The molecule has 1 fully saturated rings. The van der Waals surface area contributed by atoms with Crippen LogP contribution in [-0.2, 0) is 0 Å². The van der Waals surface area contributed by atoms with Gasteiger partial charge in [-0.05, 0) is 49.2 Å². The second kappa shape index (κ2) is 9.23. The van der Waals surface area contributed by atoms with Gasteiger partial charge in [0.1, 0.15) is 24.6 Å². The van der Waals surface area contributed by atoms with Crippen LogP contribution in [0.2, 0.25) is 5.02 Å². The summed E-state index contributed by atoms with van der Waals surface area (Å²) in [6.45, 7) is 3.74. The summed E-state index contributed by atoms with van der Waals surface area (Å²) in [4.78, 5) is 12.7. The van der Waals surface area contributed by atoms with E-state index in [4.69, 9.17) is 21.1 Å². The number of halogens is 1. The van der Waals surface area contributed by atoms with Gasteiger partial charge in [-0.25, -0.2) is 0 Å². The number of hydrogen-bond donors (Lipinski definition) is 1. The Morgan fingerprint density at radius 3 is 2.79 bits per heavy atom. The molecular formula is C20H23ClN2O5. The third-order valence-electron chi connectivity index (χ3n) is 4.56. The summed E-state index contributed by atoms with van der Waals surface area (Å²) < 4.78 is 11.5. The first-order valence-corrected chi connectivity index (χ1v) is 9.49. The monoisotopic (exact) mass is 406 g/mol. The summed E-state index contributed by atoms with van der Waals surface area (Å²) in [5.41, 5.74) is 0.757. The molecule has 0 spiro atoms. The lowest BCUT2D eigenvalue weighted by Crippen LogP contribution is -2.35. The van der Waals surface area contributed by atoms with E-state index < -0.39 is 11.0 Å². The molecule has 0 saturated carbocycles. The molecule has 2 atom stereocenters. The highest BCUT2D eigenvalue weighted by Crippen LogP contribution is 2.28. The van der Waals surface area contributed by atoms with E-state index in [1.54, 1.807) is 24.3 Å². The van der Waals surface area contributed by atoms with Crippen molar-refractivity contribution in [2.75, 3.05) is 26.2 Å². The lowest BCUT2D eigenvalue weighted by Gasteiger charge is -2.20. The molecule has 1 aliphatic rings. The molecule has 1 saturated heterocycles. The van der Waals surface area contributed by atoms with Gasteiger partial charge >= 0.3 is 5.69 Å². The van der Waals surface area contributed by atoms with Gasteiger partial charge in [0, 0.05) is 30.7 Å². The molecule has 1 heterocycles. The molecule has 150 valence electrons. The number of nitro benzene ring substituents is 1. The first-order chi connectivity index (χ1) is 13.4. The summed E-state index contributed by atoms with van der Waals surface area (Å²) in [5, 5.41) is 22.0. The predicted octanol–water partition coefficient (Wildman–Crippen LogP) is 3.45.